The summed E-state index contributed by atoms with van der Waals surface area (Å²) in [6.07, 6.45) is 7.07. The molecule has 2 amide bonds. The topological polar surface area (TPSA) is 52.7 Å². The highest BCUT2D eigenvalue weighted by molar-refractivity contribution is 8.00. The van der Waals surface area contributed by atoms with Crippen LogP contribution in [0.5, 0.6) is 0 Å². The molecule has 1 heterocycles. The molecule has 6 heteroatoms. The van der Waals surface area contributed by atoms with Gasteiger partial charge in [0.2, 0.25) is 11.8 Å². The highest BCUT2D eigenvalue weighted by Crippen LogP contribution is 2.29. The molecule has 2 aliphatic rings. The number of rotatable bonds is 8. The summed E-state index contributed by atoms with van der Waals surface area (Å²) < 4.78 is 0. The van der Waals surface area contributed by atoms with Gasteiger partial charge >= 0.3 is 0 Å². The number of nitrogens with one attached hydrogen (secondary N) is 1. The number of carbonyl (C=O) groups is 2. The number of anilines is 2. The van der Waals surface area contributed by atoms with Crippen LogP contribution in [0.1, 0.15) is 38.5 Å². The molecule has 0 bridgehead atoms. The molecule has 0 radical (unpaired) electrons. The summed E-state index contributed by atoms with van der Waals surface area (Å²) in [5.74, 6) is 1.48. The minimum Gasteiger partial charge on any atom is -0.368 e. The van der Waals surface area contributed by atoms with Gasteiger partial charge in [-0.25, -0.2) is 0 Å². The largest absolute Gasteiger partial charge is 0.368 e. The van der Waals surface area contributed by atoms with E-state index in [1.54, 1.807) is 0 Å². The third-order valence-electron chi connectivity index (χ3n) is 6.50. The van der Waals surface area contributed by atoms with Gasteiger partial charge in [0.15, 0.2) is 0 Å². The predicted octanol–water partition coefficient (Wildman–Crippen LogP) is 5.04. The third kappa shape index (κ3) is 6.52. The van der Waals surface area contributed by atoms with Crippen LogP contribution in [0.25, 0.3) is 0 Å². The molecule has 0 spiro atoms. The molecule has 1 saturated heterocycles. The van der Waals surface area contributed by atoms with E-state index in [9.17, 15) is 9.59 Å². The highest BCUT2D eigenvalue weighted by atomic mass is 32.2. The van der Waals surface area contributed by atoms with Crippen molar-refractivity contribution >= 4 is 35.0 Å². The Balaban J connectivity index is 1.19. The zero-order chi connectivity index (χ0) is 22.2. The van der Waals surface area contributed by atoms with E-state index >= 15 is 0 Å². The van der Waals surface area contributed by atoms with Crippen LogP contribution in [0.2, 0.25) is 0 Å². The molecule has 0 aromatic heterocycles. The maximum absolute atomic E-state index is 12.6. The molecular formula is C26H33N3O2S. The van der Waals surface area contributed by atoms with Crippen molar-refractivity contribution in [3.05, 3.63) is 54.6 Å². The first-order valence-corrected chi connectivity index (χ1v) is 12.8. The minimum absolute atomic E-state index is 0.00339. The average molecular weight is 452 g/mol. The van der Waals surface area contributed by atoms with Gasteiger partial charge in [-0.3, -0.25) is 9.59 Å². The number of hydrogen-bond donors (Lipinski definition) is 1. The van der Waals surface area contributed by atoms with Crippen LogP contribution in [0, 0.1) is 5.92 Å². The van der Waals surface area contributed by atoms with Gasteiger partial charge in [0.05, 0.1) is 5.75 Å². The second kappa shape index (κ2) is 11.4. The van der Waals surface area contributed by atoms with Crippen LogP contribution in [0.3, 0.4) is 0 Å². The Morgan fingerprint density at radius 3 is 2.28 bits per heavy atom. The molecule has 170 valence electrons. The van der Waals surface area contributed by atoms with Crippen LogP contribution in [-0.4, -0.2) is 48.6 Å². The van der Waals surface area contributed by atoms with Gasteiger partial charge in [-0.15, -0.1) is 11.8 Å². The van der Waals surface area contributed by atoms with Crippen LogP contribution >= 0.6 is 11.8 Å². The summed E-state index contributed by atoms with van der Waals surface area (Å²) in [6, 6.07) is 18.0. The summed E-state index contributed by atoms with van der Waals surface area (Å²) in [5.41, 5.74) is 1.95. The maximum Gasteiger partial charge on any atom is 0.234 e. The summed E-state index contributed by atoms with van der Waals surface area (Å²) in [5, 5.41) is 2.97. The molecule has 4 rings (SSSR count). The maximum atomic E-state index is 12.6. The second-order valence-electron chi connectivity index (χ2n) is 8.75. The van der Waals surface area contributed by atoms with Gasteiger partial charge in [0, 0.05) is 48.9 Å². The van der Waals surface area contributed by atoms with Crippen LogP contribution in [-0.2, 0) is 9.59 Å². The van der Waals surface area contributed by atoms with Gasteiger partial charge in [0.25, 0.3) is 0 Å². The number of benzene rings is 2. The van der Waals surface area contributed by atoms with Crippen molar-refractivity contribution in [2.45, 2.75) is 43.4 Å². The standard InChI is InChI=1S/C26H33N3O2S/c30-25(20-32-24-8-2-1-3-9-24)27-22-11-13-23(14-12-22)28-16-18-29(19-17-28)26(31)15-10-21-6-4-5-7-21/h1-3,8-9,11-14,21H,4-7,10,15-20H2,(H,27,30). The summed E-state index contributed by atoms with van der Waals surface area (Å²) >= 11 is 1.53. The van der Waals surface area contributed by atoms with E-state index in [0.717, 1.165) is 54.8 Å². The fourth-order valence-corrected chi connectivity index (χ4v) is 5.34. The zero-order valence-corrected chi connectivity index (χ0v) is 19.5. The highest BCUT2D eigenvalue weighted by Gasteiger charge is 2.23. The SMILES string of the molecule is O=C(CSc1ccccc1)Nc1ccc(N2CCN(C(=O)CCC3CCCC3)CC2)cc1. The fourth-order valence-electron chi connectivity index (χ4n) is 4.62. The van der Waals surface area contributed by atoms with Gasteiger partial charge in [-0.05, 0) is 48.7 Å². The van der Waals surface area contributed by atoms with Crippen molar-refractivity contribution in [1.29, 1.82) is 0 Å². The van der Waals surface area contributed by atoms with E-state index < -0.39 is 0 Å². The van der Waals surface area contributed by atoms with Gasteiger partial charge in [-0.1, -0.05) is 43.9 Å². The Bertz CT molecular complexity index is 874. The summed E-state index contributed by atoms with van der Waals surface area (Å²) in [4.78, 5) is 30.2. The van der Waals surface area contributed by atoms with Gasteiger partial charge in [0.1, 0.15) is 0 Å². The first-order valence-electron chi connectivity index (χ1n) is 11.8. The lowest BCUT2D eigenvalue weighted by molar-refractivity contribution is -0.131. The van der Waals surface area contributed by atoms with E-state index in [1.165, 1.54) is 37.4 Å². The Morgan fingerprint density at radius 1 is 0.906 bits per heavy atom. The number of piperazine rings is 1. The Hall–Kier alpha value is -2.47. The van der Waals surface area contributed by atoms with Crippen molar-refractivity contribution in [3.63, 3.8) is 0 Å². The van der Waals surface area contributed by atoms with Crippen molar-refractivity contribution < 1.29 is 9.59 Å². The summed E-state index contributed by atoms with van der Waals surface area (Å²) in [7, 11) is 0. The number of nitrogens with zero attached hydrogens (tertiary/aromatic N) is 2. The quantitative estimate of drug-likeness (QED) is 0.572. The number of amides is 2. The zero-order valence-electron chi connectivity index (χ0n) is 18.7. The lowest BCUT2D eigenvalue weighted by Gasteiger charge is -2.36. The lowest BCUT2D eigenvalue weighted by atomic mass is 10.0. The number of carbonyl (C=O) groups excluding carboxylic acids is 2. The van der Waals surface area contributed by atoms with E-state index in [2.05, 4.69) is 22.3 Å². The summed E-state index contributed by atoms with van der Waals surface area (Å²) in [6.45, 7) is 3.29. The van der Waals surface area contributed by atoms with E-state index in [-0.39, 0.29) is 5.91 Å². The van der Waals surface area contributed by atoms with Crippen molar-refractivity contribution in [1.82, 2.24) is 4.90 Å². The first kappa shape index (κ1) is 22.7. The molecule has 1 N–H and O–H groups in total. The van der Waals surface area contributed by atoms with Gasteiger partial charge < -0.3 is 15.1 Å². The first-order chi connectivity index (χ1) is 15.7. The Kier molecular flexibility index (Phi) is 8.10. The second-order valence-corrected chi connectivity index (χ2v) is 9.80. The van der Waals surface area contributed by atoms with Crippen molar-refractivity contribution in [3.8, 4) is 0 Å². The van der Waals surface area contributed by atoms with Crippen molar-refractivity contribution in [2.24, 2.45) is 5.92 Å². The predicted molar refractivity (Wildman–Crippen MR) is 132 cm³/mol. The van der Waals surface area contributed by atoms with Crippen molar-refractivity contribution in [2.75, 3.05) is 42.1 Å². The average Bonchev–Trinajstić information content (AvgIpc) is 3.36. The Morgan fingerprint density at radius 2 is 1.59 bits per heavy atom. The molecule has 2 aromatic carbocycles. The molecule has 0 atom stereocenters. The molecular weight excluding hydrogens is 418 g/mol. The number of hydrogen-bond acceptors (Lipinski definition) is 4. The Labute approximate surface area is 195 Å². The lowest BCUT2D eigenvalue weighted by Crippen LogP contribution is -2.48. The van der Waals surface area contributed by atoms with E-state index in [4.69, 9.17) is 0 Å². The third-order valence-corrected chi connectivity index (χ3v) is 7.51. The van der Waals surface area contributed by atoms with E-state index in [1.807, 2.05) is 47.4 Å². The normalized spacial score (nSPS) is 16.9. The fraction of sp³-hybridized carbons (Fsp3) is 0.462. The van der Waals surface area contributed by atoms with Crippen LogP contribution in [0.4, 0.5) is 11.4 Å². The van der Waals surface area contributed by atoms with Gasteiger partial charge in [-0.2, -0.15) is 0 Å². The molecule has 1 aliphatic carbocycles. The molecule has 5 nitrogen and oxygen atoms in total. The van der Waals surface area contributed by atoms with E-state index in [0.29, 0.717) is 18.1 Å². The molecule has 2 fully saturated rings. The minimum atomic E-state index is -0.00339. The molecule has 2 aromatic rings. The number of thioether (sulfide) groups is 1. The molecule has 1 saturated carbocycles. The van der Waals surface area contributed by atoms with Crippen LogP contribution in [0.15, 0.2) is 59.5 Å². The molecule has 1 aliphatic heterocycles. The van der Waals surface area contributed by atoms with Crippen LogP contribution < -0.4 is 10.2 Å². The smallest absolute Gasteiger partial charge is 0.234 e. The molecule has 32 heavy (non-hydrogen) atoms. The monoisotopic (exact) mass is 451 g/mol. The molecule has 0 unspecified atom stereocenters.